The van der Waals surface area contributed by atoms with Gasteiger partial charge in [0.1, 0.15) is 0 Å². The van der Waals surface area contributed by atoms with Crippen LogP contribution in [0.1, 0.15) is 26.2 Å². The number of amides is 1. The predicted molar refractivity (Wildman–Crippen MR) is 80.1 cm³/mol. The van der Waals surface area contributed by atoms with Crippen LogP contribution in [-0.2, 0) is 9.53 Å². The van der Waals surface area contributed by atoms with E-state index in [1.807, 2.05) is 0 Å². The Morgan fingerprint density at radius 1 is 1.47 bits per heavy atom. The first-order valence-electron chi connectivity index (χ1n) is 6.76. The maximum absolute atomic E-state index is 11.7. The summed E-state index contributed by atoms with van der Waals surface area (Å²) in [6, 6.07) is 0. The molecule has 3 N–H and O–H groups in total. The summed E-state index contributed by atoms with van der Waals surface area (Å²) in [6.45, 7) is 5.66. The van der Waals surface area contributed by atoms with E-state index in [2.05, 4.69) is 17.1 Å². The van der Waals surface area contributed by atoms with E-state index in [1.165, 1.54) is 0 Å². The van der Waals surface area contributed by atoms with E-state index in [0.29, 0.717) is 24.7 Å². The molecule has 0 spiro atoms. The summed E-state index contributed by atoms with van der Waals surface area (Å²) in [6.07, 6.45) is 2.71. The highest BCUT2D eigenvalue weighted by atomic mass is 32.1. The van der Waals surface area contributed by atoms with Crippen molar-refractivity contribution in [3.05, 3.63) is 0 Å². The Labute approximate surface area is 120 Å². The molecule has 5 nitrogen and oxygen atoms in total. The Bertz CT molecular complexity index is 315. The number of carbonyl (C=O) groups excluding carboxylic acids is 1. The molecule has 1 saturated heterocycles. The van der Waals surface area contributed by atoms with Gasteiger partial charge in [0.05, 0.1) is 11.5 Å². The van der Waals surface area contributed by atoms with Crippen LogP contribution in [0.25, 0.3) is 0 Å². The number of hydrogen-bond acceptors (Lipinski definition) is 4. The van der Waals surface area contributed by atoms with Crippen LogP contribution >= 0.6 is 12.2 Å². The zero-order valence-corrected chi connectivity index (χ0v) is 12.7. The number of rotatable bonds is 7. The summed E-state index contributed by atoms with van der Waals surface area (Å²) >= 11 is 5.11. The van der Waals surface area contributed by atoms with E-state index < -0.39 is 0 Å². The number of methoxy groups -OCH3 is 1. The summed E-state index contributed by atoms with van der Waals surface area (Å²) in [5.74, 6) is 0.0787. The van der Waals surface area contributed by atoms with E-state index in [-0.39, 0.29) is 11.3 Å². The number of nitrogens with one attached hydrogen (secondary N) is 1. The van der Waals surface area contributed by atoms with Crippen molar-refractivity contribution in [3.8, 4) is 0 Å². The topological polar surface area (TPSA) is 67.6 Å². The van der Waals surface area contributed by atoms with Crippen LogP contribution in [-0.4, -0.2) is 55.7 Å². The maximum atomic E-state index is 11.7. The lowest BCUT2D eigenvalue weighted by molar-refractivity contribution is -0.122. The molecule has 0 aromatic carbocycles. The lowest BCUT2D eigenvalue weighted by Gasteiger charge is -2.38. The van der Waals surface area contributed by atoms with Crippen LogP contribution in [0.4, 0.5) is 0 Å². The first kappa shape index (κ1) is 16.3. The van der Waals surface area contributed by atoms with Crippen molar-refractivity contribution in [2.45, 2.75) is 26.2 Å². The maximum Gasteiger partial charge on any atom is 0.234 e. The molecule has 0 aromatic rings. The summed E-state index contributed by atoms with van der Waals surface area (Å²) in [7, 11) is 1.66. The number of carbonyl (C=O) groups is 1. The Kier molecular flexibility index (Phi) is 6.68. The van der Waals surface area contributed by atoms with Crippen LogP contribution in [0.15, 0.2) is 0 Å². The summed E-state index contributed by atoms with van der Waals surface area (Å²) in [4.78, 5) is 14.5. The second kappa shape index (κ2) is 7.77. The highest BCUT2D eigenvalue weighted by molar-refractivity contribution is 7.80. The number of piperidine rings is 1. The Morgan fingerprint density at radius 3 is 2.63 bits per heavy atom. The van der Waals surface area contributed by atoms with Gasteiger partial charge in [-0.3, -0.25) is 9.69 Å². The first-order valence-corrected chi connectivity index (χ1v) is 7.16. The fourth-order valence-corrected chi connectivity index (χ4v) is 2.36. The molecule has 6 heteroatoms. The monoisotopic (exact) mass is 287 g/mol. The second-order valence-corrected chi connectivity index (χ2v) is 5.84. The molecular weight excluding hydrogens is 262 g/mol. The van der Waals surface area contributed by atoms with Crippen molar-refractivity contribution in [2.75, 3.05) is 39.9 Å². The van der Waals surface area contributed by atoms with Crippen molar-refractivity contribution in [1.29, 1.82) is 0 Å². The molecule has 0 aromatic heterocycles. The van der Waals surface area contributed by atoms with Gasteiger partial charge in [-0.1, -0.05) is 19.1 Å². The van der Waals surface area contributed by atoms with Gasteiger partial charge in [-0.25, -0.2) is 0 Å². The molecule has 19 heavy (non-hydrogen) atoms. The minimum Gasteiger partial charge on any atom is -0.393 e. The van der Waals surface area contributed by atoms with Crippen molar-refractivity contribution >= 4 is 23.1 Å². The number of likely N-dealkylation sites (tertiary alicyclic amines) is 1. The molecule has 0 aliphatic carbocycles. The molecule has 0 bridgehead atoms. The lowest BCUT2D eigenvalue weighted by Crippen LogP contribution is -2.47. The van der Waals surface area contributed by atoms with Gasteiger partial charge < -0.3 is 15.8 Å². The molecular formula is C13H25N3O2S. The van der Waals surface area contributed by atoms with Crippen LogP contribution in [0.3, 0.4) is 0 Å². The molecule has 1 rings (SSSR count). The van der Waals surface area contributed by atoms with Crippen molar-refractivity contribution in [2.24, 2.45) is 11.1 Å². The normalized spacial score (nSPS) is 19.1. The minimum atomic E-state index is -0.0409. The molecule has 0 unspecified atom stereocenters. The number of ether oxygens (including phenoxy) is 1. The number of hydrogen-bond donors (Lipinski definition) is 2. The summed E-state index contributed by atoms with van der Waals surface area (Å²) < 4.78 is 4.93. The van der Waals surface area contributed by atoms with E-state index in [0.717, 1.165) is 32.4 Å². The molecule has 1 amide bonds. The summed E-state index contributed by atoms with van der Waals surface area (Å²) in [5.41, 5.74) is 5.72. The van der Waals surface area contributed by atoms with E-state index in [1.54, 1.807) is 7.11 Å². The molecule has 1 aliphatic heterocycles. The fourth-order valence-electron chi connectivity index (χ4n) is 2.15. The predicted octanol–water partition coefficient (Wildman–Crippen LogP) is 0.527. The summed E-state index contributed by atoms with van der Waals surface area (Å²) in [5, 5.41) is 2.90. The van der Waals surface area contributed by atoms with Gasteiger partial charge in [0.2, 0.25) is 5.91 Å². The van der Waals surface area contributed by atoms with E-state index in [4.69, 9.17) is 22.7 Å². The highest BCUT2D eigenvalue weighted by Crippen LogP contribution is 2.30. The lowest BCUT2D eigenvalue weighted by atomic mass is 9.80. The minimum absolute atomic E-state index is 0.0409. The van der Waals surface area contributed by atoms with Gasteiger partial charge in [-0.05, 0) is 32.4 Å². The van der Waals surface area contributed by atoms with Crippen LogP contribution in [0.5, 0.6) is 0 Å². The molecule has 0 radical (unpaired) electrons. The van der Waals surface area contributed by atoms with Gasteiger partial charge in [-0.2, -0.15) is 0 Å². The van der Waals surface area contributed by atoms with Gasteiger partial charge in [0, 0.05) is 25.7 Å². The van der Waals surface area contributed by atoms with Crippen molar-refractivity contribution in [1.82, 2.24) is 10.2 Å². The fraction of sp³-hybridized carbons (Fsp3) is 0.846. The smallest absolute Gasteiger partial charge is 0.234 e. The average molecular weight is 287 g/mol. The molecule has 0 saturated carbocycles. The highest BCUT2D eigenvalue weighted by Gasteiger charge is 2.32. The largest absolute Gasteiger partial charge is 0.393 e. The second-order valence-electron chi connectivity index (χ2n) is 5.40. The zero-order valence-electron chi connectivity index (χ0n) is 11.9. The third-order valence-electron chi connectivity index (χ3n) is 3.77. The Hall–Kier alpha value is -0.720. The number of nitrogens with two attached hydrogens (primary N) is 1. The molecule has 110 valence electrons. The molecule has 1 fully saturated rings. The van der Waals surface area contributed by atoms with Gasteiger partial charge in [0.25, 0.3) is 0 Å². The van der Waals surface area contributed by atoms with Crippen molar-refractivity contribution < 1.29 is 9.53 Å². The van der Waals surface area contributed by atoms with Crippen LogP contribution in [0, 0.1) is 5.41 Å². The van der Waals surface area contributed by atoms with Crippen LogP contribution < -0.4 is 11.1 Å². The molecule has 0 atom stereocenters. The third-order valence-corrected chi connectivity index (χ3v) is 4.26. The molecule has 1 aliphatic rings. The first-order chi connectivity index (χ1) is 8.98. The standard InChI is InChI=1S/C13H25N3O2S/c1-13(12(14)19)4-7-16(8-5-13)10-11(17)15-6-3-9-18-2/h3-10H2,1-2H3,(H2,14,19)(H,15,17). The Balaban J connectivity index is 2.22. The quantitative estimate of drug-likeness (QED) is 0.528. The SMILES string of the molecule is COCCCNC(=O)CN1CCC(C)(C(N)=S)CC1. The Morgan fingerprint density at radius 2 is 2.11 bits per heavy atom. The van der Waals surface area contributed by atoms with E-state index in [9.17, 15) is 4.79 Å². The number of thiocarbonyl (C=S) groups is 1. The van der Waals surface area contributed by atoms with Gasteiger partial charge in [0.15, 0.2) is 0 Å². The average Bonchev–Trinajstić information content (AvgIpc) is 2.37. The van der Waals surface area contributed by atoms with E-state index >= 15 is 0 Å². The van der Waals surface area contributed by atoms with Crippen LogP contribution in [0.2, 0.25) is 0 Å². The molecule has 1 heterocycles. The third kappa shape index (κ3) is 5.42. The van der Waals surface area contributed by atoms with Gasteiger partial charge in [-0.15, -0.1) is 0 Å². The number of nitrogens with zero attached hydrogens (tertiary/aromatic N) is 1. The van der Waals surface area contributed by atoms with Crippen molar-refractivity contribution in [3.63, 3.8) is 0 Å². The van der Waals surface area contributed by atoms with Gasteiger partial charge >= 0.3 is 0 Å². The zero-order chi connectivity index (χ0) is 14.3.